The second kappa shape index (κ2) is 9.03. The van der Waals surface area contributed by atoms with Gasteiger partial charge in [0, 0.05) is 33.5 Å². The molecule has 40 heavy (non-hydrogen) atoms. The molecule has 0 radical (unpaired) electrons. The molecular formula is C35H22N4O. The van der Waals surface area contributed by atoms with Crippen molar-refractivity contribution in [2.24, 2.45) is 0 Å². The zero-order valence-electron chi connectivity index (χ0n) is 21.4. The number of fused-ring (bicyclic) bond motifs is 4. The molecule has 8 rings (SSSR count). The van der Waals surface area contributed by atoms with Crippen molar-refractivity contribution in [3.05, 3.63) is 133 Å². The van der Waals surface area contributed by atoms with Crippen LogP contribution in [0.15, 0.2) is 138 Å². The second-order valence-corrected chi connectivity index (χ2v) is 9.74. The lowest BCUT2D eigenvalue weighted by Gasteiger charge is -2.12. The van der Waals surface area contributed by atoms with E-state index in [1.54, 1.807) is 0 Å². The highest BCUT2D eigenvalue weighted by atomic mass is 16.3. The van der Waals surface area contributed by atoms with Gasteiger partial charge in [-0.1, -0.05) is 97.1 Å². The molecule has 0 aliphatic heterocycles. The zero-order valence-corrected chi connectivity index (χ0v) is 21.4. The van der Waals surface area contributed by atoms with E-state index in [0.717, 1.165) is 61.1 Å². The first-order valence-electron chi connectivity index (χ1n) is 13.2. The van der Waals surface area contributed by atoms with Crippen LogP contribution in [0.3, 0.4) is 0 Å². The molecule has 5 aromatic carbocycles. The van der Waals surface area contributed by atoms with Crippen LogP contribution >= 0.6 is 0 Å². The molecule has 5 heteroatoms. The van der Waals surface area contributed by atoms with Crippen molar-refractivity contribution in [1.82, 2.24) is 19.5 Å². The fourth-order valence-electron chi connectivity index (χ4n) is 5.37. The van der Waals surface area contributed by atoms with E-state index in [2.05, 4.69) is 65.2 Å². The van der Waals surface area contributed by atoms with Crippen molar-refractivity contribution in [2.45, 2.75) is 0 Å². The third-order valence-corrected chi connectivity index (χ3v) is 7.26. The fourth-order valence-corrected chi connectivity index (χ4v) is 5.37. The molecule has 0 fully saturated rings. The number of aromatic nitrogens is 4. The van der Waals surface area contributed by atoms with E-state index in [0.29, 0.717) is 11.7 Å². The lowest BCUT2D eigenvalue weighted by atomic mass is 10.1. The summed E-state index contributed by atoms with van der Waals surface area (Å²) in [6.07, 6.45) is 0. The predicted octanol–water partition coefficient (Wildman–Crippen LogP) is 8.72. The first-order valence-corrected chi connectivity index (χ1v) is 13.2. The lowest BCUT2D eigenvalue weighted by molar-refractivity contribution is 0.620. The number of hydrogen-bond donors (Lipinski definition) is 0. The molecule has 0 aliphatic carbocycles. The minimum atomic E-state index is 0.595. The van der Waals surface area contributed by atoms with Gasteiger partial charge < -0.3 is 4.42 Å². The molecule has 0 atom stereocenters. The Labute approximate surface area is 230 Å². The maximum Gasteiger partial charge on any atom is 0.227 e. The van der Waals surface area contributed by atoms with Crippen LogP contribution in [0.1, 0.15) is 0 Å². The van der Waals surface area contributed by atoms with Gasteiger partial charge in [-0.3, -0.25) is 4.57 Å². The summed E-state index contributed by atoms with van der Waals surface area (Å²) in [5.41, 5.74) is 7.49. The Morgan fingerprint density at radius 3 is 2.02 bits per heavy atom. The molecule has 0 bridgehead atoms. The highest BCUT2D eigenvalue weighted by molar-refractivity contribution is 6.10. The molecule has 0 N–H and O–H groups in total. The van der Waals surface area contributed by atoms with E-state index in [4.69, 9.17) is 19.4 Å². The van der Waals surface area contributed by atoms with Gasteiger partial charge in [-0.15, -0.1) is 0 Å². The number of nitrogens with zero attached hydrogens (tertiary/aromatic N) is 4. The third-order valence-electron chi connectivity index (χ3n) is 7.26. The lowest BCUT2D eigenvalue weighted by Crippen LogP contribution is -2.02. The molecule has 0 saturated heterocycles. The molecular weight excluding hydrogens is 492 g/mol. The molecule has 0 saturated carbocycles. The molecule has 5 nitrogen and oxygen atoms in total. The number of para-hydroxylation sites is 3. The van der Waals surface area contributed by atoms with Gasteiger partial charge in [0.15, 0.2) is 11.4 Å². The normalized spacial score (nSPS) is 11.5. The Kier molecular flexibility index (Phi) is 5.07. The summed E-state index contributed by atoms with van der Waals surface area (Å²) < 4.78 is 8.35. The van der Waals surface area contributed by atoms with Gasteiger partial charge in [0.1, 0.15) is 11.3 Å². The summed E-state index contributed by atoms with van der Waals surface area (Å²) in [7, 11) is 0. The first-order chi connectivity index (χ1) is 19.8. The third kappa shape index (κ3) is 3.68. The van der Waals surface area contributed by atoms with Crippen LogP contribution in [0.25, 0.3) is 72.8 Å². The summed E-state index contributed by atoms with van der Waals surface area (Å²) in [6, 6.07) is 45.1. The van der Waals surface area contributed by atoms with Crippen LogP contribution in [-0.2, 0) is 0 Å². The number of benzene rings is 5. The van der Waals surface area contributed by atoms with Gasteiger partial charge in [-0.05, 0) is 30.3 Å². The summed E-state index contributed by atoms with van der Waals surface area (Å²) in [5.74, 6) is 2.07. The van der Waals surface area contributed by atoms with Gasteiger partial charge in [-0.2, -0.15) is 0 Å². The quantitative estimate of drug-likeness (QED) is 0.236. The Hall–Kier alpha value is -5.55. The Balaban J connectivity index is 1.41. The van der Waals surface area contributed by atoms with Gasteiger partial charge in [-0.25, -0.2) is 15.0 Å². The smallest absolute Gasteiger partial charge is 0.227 e. The van der Waals surface area contributed by atoms with Crippen LogP contribution in [-0.4, -0.2) is 19.5 Å². The van der Waals surface area contributed by atoms with E-state index in [1.165, 1.54) is 0 Å². The number of oxazole rings is 1. The SMILES string of the molecule is c1ccc(-c2cc(-n3c4ccccc4c4ccc(-c5nc6ccccc6o5)cc43)nc(-c3ccccc3)n2)cc1. The minimum absolute atomic E-state index is 0.595. The topological polar surface area (TPSA) is 56.7 Å². The number of rotatable bonds is 4. The first kappa shape index (κ1) is 22.4. The molecule has 8 aromatic rings. The van der Waals surface area contributed by atoms with Gasteiger partial charge in [0.25, 0.3) is 0 Å². The average Bonchev–Trinajstić information content (AvgIpc) is 3.61. The van der Waals surface area contributed by atoms with E-state index < -0.39 is 0 Å². The van der Waals surface area contributed by atoms with Crippen LogP contribution in [0.2, 0.25) is 0 Å². The predicted molar refractivity (Wildman–Crippen MR) is 160 cm³/mol. The van der Waals surface area contributed by atoms with Crippen molar-refractivity contribution >= 4 is 32.9 Å². The summed E-state index contributed by atoms with van der Waals surface area (Å²) >= 11 is 0. The average molecular weight is 515 g/mol. The Bertz CT molecular complexity index is 2070. The van der Waals surface area contributed by atoms with Crippen LogP contribution in [0, 0.1) is 0 Å². The standard InChI is InChI=1S/C35H22N4O/c1-3-11-23(12-4-1)29-22-33(38-34(36-29)24-13-5-2-6-14-24)39-30-17-9-7-15-26(30)27-20-19-25(21-31(27)39)35-37-28-16-8-10-18-32(28)40-35/h1-22H. The van der Waals surface area contributed by atoms with Crippen molar-refractivity contribution < 1.29 is 4.42 Å². The van der Waals surface area contributed by atoms with Gasteiger partial charge in [0.05, 0.1) is 16.7 Å². The fraction of sp³-hybridized carbons (Fsp3) is 0. The molecule has 0 spiro atoms. The van der Waals surface area contributed by atoms with Gasteiger partial charge in [0.2, 0.25) is 5.89 Å². The van der Waals surface area contributed by atoms with Crippen molar-refractivity contribution in [2.75, 3.05) is 0 Å². The molecule has 0 aliphatic rings. The highest BCUT2D eigenvalue weighted by Crippen LogP contribution is 2.36. The van der Waals surface area contributed by atoms with Crippen LogP contribution in [0.4, 0.5) is 0 Å². The molecule has 3 heterocycles. The monoisotopic (exact) mass is 514 g/mol. The summed E-state index contributed by atoms with van der Waals surface area (Å²) in [6.45, 7) is 0. The van der Waals surface area contributed by atoms with E-state index in [1.807, 2.05) is 72.8 Å². The van der Waals surface area contributed by atoms with Gasteiger partial charge >= 0.3 is 0 Å². The molecule has 0 unspecified atom stereocenters. The van der Waals surface area contributed by atoms with E-state index in [9.17, 15) is 0 Å². The van der Waals surface area contributed by atoms with Crippen molar-refractivity contribution in [3.63, 3.8) is 0 Å². The zero-order chi connectivity index (χ0) is 26.5. The maximum absolute atomic E-state index is 6.13. The number of hydrogen-bond acceptors (Lipinski definition) is 4. The van der Waals surface area contributed by atoms with Crippen LogP contribution < -0.4 is 0 Å². The second-order valence-electron chi connectivity index (χ2n) is 9.74. The van der Waals surface area contributed by atoms with Crippen molar-refractivity contribution in [1.29, 1.82) is 0 Å². The summed E-state index contributed by atoms with van der Waals surface area (Å²) in [5, 5.41) is 2.29. The molecule has 0 amide bonds. The summed E-state index contributed by atoms with van der Waals surface area (Å²) in [4.78, 5) is 14.9. The van der Waals surface area contributed by atoms with Crippen molar-refractivity contribution in [3.8, 4) is 39.9 Å². The molecule has 188 valence electrons. The minimum Gasteiger partial charge on any atom is -0.436 e. The molecule has 3 aromatic heterocycles. The van der Waals surface area contributed by atoms with E-state index >= 15 is 0 Å². The van der Waals surface area contributed by atoms with E-state index in [-0.39, 0.29) is 0 Å². The Morgan fingerprint density at radius 2 is 1.20 bits per heavy atom. The maximum atomic E-state index is 6.13. The van der Waals surface area contributed by atoms with Crippen LogP contribution in [0.5, 0.6) is 0 Å². The highest BCUT2D eigenvalue weighted by Gasteiger charge is 2.18. The Morgan fingerprint density at radius 1 is 0.500 bits per heavy atom. The largest absolute Gasteiger partial charge is 0.436 e.